The molecule has 0 radical (unpaired) electrons. The zero-order valence-electron chi connectivity index (χ0n) is 14.2. The lowest BCUT2D eigenvalue weighted by molar-refractivity contribution is -0.384. The molecule has 1 heterocycles. The van der Waals surface area contributed by atoms with Gasteiger partial charge in [0, 0.05) is 12.1 Å². The lowest BCUT2D eigenvalue weighted by atomic mass is 9.96. The Labute approximate surface area is 154 Å². The molecule has 2 rings (SSSR count). The lowest BCUT2D eigenvalue weighted by Crippen LogP contribution is -2.66. The number of benzene rings is 1. The third-order valence-electron chi connectivity index (χ3n) is 3.97. The first-order chi connectivity index (χ1) is 12.7. The van der Waals surface area contributed by atoms with E-state index in [1.165, 1.54) is 31.2 Å². The first-order valence-electron chi connectivity index (χ1n) is 7.85. The maximum atomic E-state index is 12.0. The van der Waals surface area contributed by atoms with Crippen molar-refractivity contribution < 1.29 is 37.5 Å². The van der Waals surface area contributed by atoms with Crippen molar-refractivity contribution in [2.45, 2.75) is 25.0 Å². The molecule has 1 amide bonds. The fourth-order valence-corrected chi connectivity index (χ4v) is 4.11. The minimum absolute atomic E-state index is 0.110. The molecular formula is C15H18N2O9S. The van der Waals surface area contributed by atoms with Gasteiger partial charge < -0.3 is 19.9 Å². The first kappa shape index (κ1) is 20.6. The van der Waals surface area contributed by atoms with Crippen LogP contribution >= 0.6 is 0 Å². The molecular weight excluding hydrogens is 384 g/mol. The van der Waals surface area contributed by atoms with Gasteiger partial charge in [-0.25, -0.2) is 13.2 Å². The molecule has 1 saturated heterocycles. The lowest BCUT2D eigenvalue weighted by Gasteiger charge is -2.38. The quantitative estimate of drug-likeness (QED) is 0.266. The summed E-state index contributed by atoms with van der Waals surface area (Å²) in [6.45, 7) is 0.554. The number of aliphatic hydroxyl groups is 1. The molecule has 1 aliphatic heterocycles. The predicted octanol–water partition coefficient (Wildman–Crippen LogP) is 0.116. The van der Waals surface area contributed by atoms with E-state index in [1.807, 2.05) is 0 Å². The smallest absolute Gasteiger partial charge is 0.430 e. The molecule has 1 aliphatic rings. The van der Waals surface area contributed by atoms with Crippen LogP contribution in [-0.4, -0.2) is 54.3 Å². The Balaban J connectivity index is 1.89. The second kappa shape index (κ2) is 8.31. The van der Waals surface area contributed by atoms with Gasteiger partial charge in [0.15, 0.2) is 9.84 Å². The Morgan fingerprint density at radius 3 is 2.52 bits per heavy atom. The number of nitrogens with zero attached hydrogens (tertiary/aromatic N) is 1. The van der Waals surface area contributed by atoms with Crippen molar-refractivity contribution in [3.8, 4) is 0 Å². The van der Waals surface area contributed by atoms with E-state index in [2.05, 4.69) is 5.32 Å². The number of carbonyl (C=O) groups excluding carboxylic acids is 2. The summed E-state index contributed by atoms with van der Waals surface area (Å²) in [6.07, 6.45) is -2.18. The van der Waals surface area contributed by atoms with Crippen molar-refractivity contribution in [2.24, 2.45) is 5.92 Å². The standard InChI is InChI=1S/C15H18N2O9S/c1-9(12-13(19)16-14(12)27(23,24)7-6-18)26-15(20)25-8-10-2-4-11(5-3-10)17(21)22/h2-5,9,12,14,18H,6-8H2,1H3,(H,16,19)/t9?,12-,14+/m0/s1. The average molecular weight is 402 g/mol. The second-order valence-electron chi connectivity index (χ2n) is 5.83. The molecule has 1 aromatic rings. The third-order valence-corrected chi connectivity index (χ3v) is 5.90. The van der Waals surface area contributed by atoms with E-state index in [9.17, 15) is 28.1 Å². The van der Waals surface area contributed by atoms with Gasteiger partial charge >= 0.3 is 6.16 Å². The Morgan fingerprint density at radius 1 is 1.37 bits per heavy atom. The van der Waals surface area contributed by atoms with Crippen LogP contribution in [0.25, 0.3) is 0 Å². The van der Waals surface area contributed by atoms with Crippen LogP contribution in [0, 0.1) is 16.0 Å². The van der Waals surface area contributed by atoms with E-state index in [0.717, 1.165) is 0 Å². The minimum Gasteiger partial charge on any atom is -0.430 e. The van der Waals surface area contributed by atoms with Gasteiger partial charge in [-0.2, -0.15) is 0 Å². The molecule has 1 fully saturated rings. The van der Waals surface area contributed by atoms with Gasteiger partial charge in [0.2, 0.25) is 5.91 Å². The van der Waals surface area contributed by atoms with Crippen LogP contribution in [0.2, 0.25) is 0 Å². The highest BCUT2D eigenvalue weighted by molar-refractivity contribution is 7.92. The number of aliphatic hydroxyl groups excluding tert-OH is 1. The van der Waals surface area contributed by atoms with Crippen LogP contribution in [0.1, 0.15) is 12.5 Å². The highest BCUT2D eigenvalue weighted by atomic mass is 32.2. The number of amides is 1. The number of nitrogens with one attached hydrogen (secondary N) is 1. The fraction of sp³-hybridized carbons (Fsp3) is 0.467. The van der Waals surface area contributed by atoms with Gasteiger partial charge in [-0.15, -0.1) is 0 Å². The highest BCUT2D eigenvalue weighted by Crippen LogP contribution is 2.26. The topological polar surface area (TPSA) is 162 Å². The van der Waals surface area contributed by atoms with Crippen molar-refractivity contribution in [3.63, 3.8) is 0 Å². The Morgan fingerprint density at radius 2 is 2.00 bits per heavy atom. The molecule has 1 unspecified atom stereocenters. The summed E-state index contributed by atoms with van der Waals surface area (Å²) < 4.78 is 33.7. The SMILES string of the molecule is CC(OC(=O)OCc1ccc([N+](=O)[O-])cc1)[C@H]1C(=O)N[C@@H]1S(=O)(=O)CCO. The number of hydrogen-bond donors (Lipinski definition) is 2. The normalized spacial score (nSPS) is 20.1. The summed E-state index contributed by atoms with van der Waals surface area (Å²) in [4.78, 5) is 33.4. The predicted molar refractivity (Wildman–Crippen MR) is 90.1 cm³/mol. The van der Waals surface area contributed by atoms with Gasteiger partial charge in [0.1, 0.15) is 24.0 Å². The van der Waals surface area contributed by atoms with Crippen LogP contribution in [0.3, 0.4) is 0 Å². The van der Waals surface area contributed by atoms with Crippen molar-refractivity contribution >= 4 is 27.6 Å². The van der Waals surface area contributed by atoms with Gasteiger partial charge in [0.25, 0.3) is 5.69 Å². The summed E-state index contributed by atoms with van der Waals surface area (Å²) in [6, 6.07) is 5.32. The number of nitro groups is 1. The fourth-order valence-electron chi connectivity index (χ4n) is 2.51. The molecule has 3 atom stereocenters. The number of ether oxygens (including phenoxy) is 2. The molecule has 0 aliphatic carbocycles. The number of sulfone groups is 1. The average Bonchev–Trinajstić information content (AvgIpc) is 2.57. The molecule has 2 N–H and O–H groups in total. The summed E-state index contributed by atoms with van der Waals surface area (Å²) in [5, 5.41) is 20.3. The van der Waals surface area contributed by atoms with E-state index < -0.39 is 56.6 Å². The summed E-state index contributed by atoms with van der Waals surface area (Å²) in [7, 11) is -3.77. The summed E-state index contributed by atoms with van der Waals surface area (Å²) in [5.74, 6) is -2.21. The molecule has 0 aromatic heterocycles. The zero-order valence-corrected chi connectivity index (χ0v) is 15.0. The molecule has 12 heteroatoms. The van der Waals surface area contributed by atoms with Crippen molar-refractivity contribution in [1.29, 1.82) is 0 Å². The first-order valence-corrected chi connectivity index (χ1v) is 9.57. The Bertz CT molecular complexity index is 822. The largest absolute Gasteiger partial charge is 0.508 e. The number of nitro benzene ring substituents is 1. The Kier molecular flexibility index (Phi) is 6.33. The van der Waals surface area contributed by atoms with Crippen molar-refractivity contribution in [1.82, 2.24) is 5.32 Å². The second-order valence-corrected chi connectivity index (χ2v) is 8.07. The Hall–Kier alpha value is -2.73. The van der Waals surface area contributed by atoms with E-state index in [1.54, 1.807) is 0 Å². The maximum absolute atomic E-state index is 12.0. The number of β-lactam (4-membered cyclic amide) rings is 1. The van der Waals surface area contributed by atoms with E-state index in [-0.39, 0.29) is 12.3 Å². The molecule has 11 nitrogen and oxygen atoms in total. The molecule has 0 bridgehead atoms. The number of non-ortho nitro benzene ring substituents is 1. The third kappa shape index (κ3) is 4.92. The number of carbonyl (C=O) groups is 2. The van der Waals surface area contributed by atoms with E-state index >= 15 is 0 Å². The number of rotatable bonds is 8. The maximum Gasteiger partial charge on any atom is 0.508 e. The molecule has 0 spiro atoms. The van der Waals surface area contributed by atoms with Crippen LogP contribution in [0.5, 0.6) is 0 Å². The van der Waals surface area contributed by atoms with Gasteiger partial charge in [-0.05, 0) is 24.6 Å². The zero-order chi connectivity index (χ0) is 20.2. The van der Waals surface area contributed by atoms with Gasteiger partial charge in [0.05, 0.1) is 17.3 Å². The molecule has 1 aromatic carbocycles. The summed E-state index contributed by atoms with van der Waals surface area (Å²) >= 11 is 0. The van der Waals surface area contributed by atoms with Crippen molar-refractivity contribution in [2.75, 3.05) is 12.4 Å². The monoisotopic (exact) mass is 402 g/mol. The van der Waals surface area contributed by atoms with Gasteiger partial charge in [-0.1, -0.05) is 0 Å². The van der Waals surface area contributed by atoms with Crippen molar-refractivity contribution in [3.05, 3.63) is 39.9 Å². The van der Waals surface area contributed by atoms with Gasteiger partial charge in [-0.3, -0.25) is 14.9 Å². The highest BCUT2D eigenvalue weighted by Gasteiger charge is 2.51. The minimum atomic E-state index is -3.77. The number of hydrogen-bond acceptors (Lipinski definition) is 9. The van der Waals surface area contributed by atoms with E-state index in [4.69, 9.17) is 14.6 Å². The van der Waals surface area contributed by atoms with Crippen LogP contribution in [0.15, 0.2) is 24.3 Å². The summed E-state index contributed by atoms with van der Waals surface area (Å²) in [5.41, 5.74) is 0.371. The van der Waals surface area contributed by atoms with Crippen LogP contribution in [-0.2, 0) is 30.7 Å². The van der Waals surface area contributed by atoms with Crippen LogP contribution in [0.4, 0.5) is 10.5 Å². The molecule has 0 saturated carbocycles. The van der Waals surface area contributed by atoms with Crippen LogP contribution < -0.4 is 5.32 Å². The van der Waals surface area contributed by atoms with E-state index in [0.29, 0.717) is 5.56 Å². The molecule has 148 valence electrons. The molecule has 27 heavy (non-hydrogen) atoms.